The fraction of sp³-hybridized carbons (Fsp3) is 0.176. The summed E-state index contributed by atoms with van der Waals surface area (Å²) in [7, 11) is 0. The minimum absolute atomic E-state index is 0.0626. The summed E-state index contributed by atoms with van der Waals surface area (Å²) in [6, 6.07) is 17.9. The van der Waals surface area contributed by atoms with E-state index >= 15 is 0 Å². The second-order valence-electron chi connectivity index (χ2n) is 4.68. The van der Waals surface area contributed by atoms with Gasteiger partial charge in [-0.15, -0.1) is 0 Å². The van der Waals surface area contributed by atoms with Gasteiger partial charge in [-0.25, -0.2) is 0 Å². The molecule has 0 radical (unpaired) electrons. The normalized spacial score (nSPS) is 10.8. The molecule has 3 nitrogen and oxygen atoms in total. The van der Waals surface area contributed by atoms with Crippen LogP contribution in [-0.4, -0.2) is 16.3 Å². The molecule has 1 heterocycles. The molecule has 0 bridgehead atoms. The Morgan fingerprint density at radius 3 is 2.50 bits per heavy atom. The second kappa shape index (κ2) is 5.80. The van der Waals surface area contributed by atoms with Gasteiger partial charge < -0.3 is 14.4 Å². The van der Waals surface area contributed by atoms with E-state index in [1.165, 1.54) is 0 Å². The molecule has 1 N–H and O–H groups in total. The van der Waals surface area contributed by atoms with E-state index < -0.39 is 0 Å². The maximum absolute atomic E-state index is 9.41. The number of ether oxygens (including phenoxy) is 1. The highest BCUT2D eigenvalue weighted by atomic mass is 16.5. The summed E-state index contributed by atoms with van der Waals surface area (Å²) in [5.41, 5.74) is 2.09. The zero-order chi connectivity index (χ0) is 13.8. The Hall–Kier alpha value is -2.26. The molecule has 3 rings (SSSR count). The third-order valence-corrected chi connectivity index (χ3v) is 3.39. The number of benzene rings is 2. The smallest absolute Gasteiger partial charge is 0.119 e. The fourth-order valence-electron chi connectivity index (χ4n) is 2.41. The van der Waals surface area contributed by atoms with Gasteiger partial charge in [-0.3, -0.25) is 0 Å². The van der Waals surface area contributed by atoms with E-state index in [0.717, 1.165) is 28.8 Å². The van der Waals surface area contributed by atoms with Crippen LogP contribution in [0, 0.1) is 0 Å². The maximum Gasteiger partial charge on any atom is 0.119 e. The van der Waals surface area contributed by atoms with Gasteiger partial charge in [-0.05, 0) is 18.2 Å². The Bertz CT molecular complexity index is 689. The number of nitrogens with zero attached hydrogens (tertiary/aromatic N) is 1. The number of para-hydroxylation sites is 2. The molecule has 102 valence electrons. The molecule has 0 aliphatic rings. The molecule has 0 unspecified atom stereocenters. The van der Waals surface area contributed by atoms with Crippen molar-refractivity contribution in [3.8, 4) is 5.75 Å². The van der Waals surface area contributed by atoms with E-state index in [-0.39, 0.29) is 6.61 Å². The Labute approximate surface area is 118 Å². The lowest BCUT2D eigenvalue weighted by Gasteiger charge is -2.08. The molecule has 0 spiro atoms. The molecule has 0 aliphatic carbocycles. The van der Waals surface area contributed by atoms with Crippen molar-refractivity contribution in [2.24, 2.45) is 0 Å². The molecule has 2 aromatic carbocycles. The van der Waals surface area contributed by atoms with Gasteiger partial charge in [-0.2, -0.15) is 0 Å². The lowest BCUT2D eigenvalue weighted by atomic mass is 10.2. The average molecular weight is 267 g/mol. The lowest BCUT2D eigenvalue weighted by Crippen LogP contribution is -2.07. The minimum atomic E-state index is 0.0626. The van der Waals surface area contributed by atoms with Gasteiger partial charge >= 0.3 is 0 Å². The third-order valence-electron chi connectivity index (χ3n) is 3.39. The molecule has 0 atom stereocenters. The van der Waals surface area contributed by atoms with Gasteiger partial charge in [0.2, 0.25) is 0 Å². The van der Waals surface area contributed by atoms with Gasteiger partial charge in [0.1, 0.15) is 12.4 Å². The van der Waals surface area contributed by atoms with Crippen LogP contribution < -0.4 is 4.74 Å². The Balaban J connectivity index is 1.74. The summed E-state index contributed by atoms with van der Waals surface area (Å²) >= 11 is 0. The summed E-state index contributed by atoms with van der Waals surface area (Å²) in [6.07, 6.45) is 2.00. The van der Waals surface area contributed by atoms with E-state index in [0.29, 0.717) is 6.61 Å². The van der Waals surface area contributed by atoms with Gasteiger partial charge in [0, 0.05) is 22.7 Å². The quantitative estimate of drug-likeness (QED) is 0.770. The van der Waals surface area contributed by atoms with E-state index in [4.69, 9.17) is 4.74 Å². The molecular weight excluding hydrogens is 250 g/mol. The maximum atomic E-state index is 9.41. The molecule has 0 saturated heterocycles. The number of fused-ring (bicyclic) bond motifs is 1. The van der Waals surface area contributed by atoms with Gasteiger partial charge in [0.15, 0.2) is 0 Å². The van der Waals surface area contributed by atoms with E-state index in [1.807, 2.05) is 54.7 Å². The topological polar surface area (TPSA) is 34.4 Å². The number of aliphatic hydroxyl groups is 1. The van der Waals surface area contributed by atoms with Crippen molar-refractivity contribution < 1.29 is 9.84 Å². The van der Waals surface area contributed by atoms with Crippen molar-refractivity contribution in [1.29, 1.82) is 0 Å². The zero-order valence-corrected chi connectivity index (χ0v) is 11.2. The predicted octanol–water partition coefficient (Wildman–Crippen LogP) is 3.21. The highest BCUT2D eigenvalue weighted by Crippen LogP contribution is 2.21. The Morgan fingerprint density at radius 2 is 1.70 bits per heavy atom. The standard InChI is InChI=1S/C17H17NO2/c19-13-14-12-18(17-9-5-4-8-16(14)17)10-11-20-15-6-2-1-3-7-15/h1-9,12,19H,10-11,13H2. The van der Waals surface area contributed by atoms with Crippen LogP contribution in [0.3, 0.4) is 0 Å². The van der Waals surface area contributed by atoms with Gasteiger partial charge in [0.05, 0.1) is 13.2 Å². The highest BCUT2D eigenvalue weighted by molar-refractivity contribution is 5.83. The molecule has 0 saturated carbocycles. The van der Waals surface area contributed by atoms with Crippen LogP contribution in [0.1, 0.15) is 5.56 Å². The molecule has 0 aliphatic heterocycles. The molecule has 0 fully saturated rings. The first-order valence-corrected chi connectivity index (χ1v) is 6.74. The van der Waals surface area contributed by atoms with Crippen molar-refractivity contribution >= 4 is 10.9 Å². The summed E-state index contributed by atoms with van der Waals surface area (Å²) in [4.78, 5) is 0. The highest BCUT2D eigenvalue weighted by Gasteiger charge is 2.06. The minimum Gasteiger partial charge on any atom is -0.492 e. The number of hydrogen-bond donors (Lipinski definition) is 1. The fourth-order valence-corrected chi connectivity index (χ4v) is 2.41. The lowest BCUT2D eigenvalue weighted by molar-refractivity contribution is 0.281. The molecule has 1 aromatic heterocycles. The summed E-state index contributed by atoms with van der Waals surface area (Å²) in [6.45, 7) is 1.43. The van der Waals surface area contributed by atoms with Gasteiger partial charge in [0.25, 0.3) is 0 Å². The first-order valence-electron chi connectivity index (χ1n) is 6.74. The van der Waals surface area contributed by atoms with Crippen LogP contribution in [0.2, 0.25) is 0 Å². The molecule has 20 heavy (non-hydrogen) atoms. The zero-order valence-electron chi connectivity index (χ0n) is 11.2. The van der Waals surface area contributed by atoms with Crippen molar-refractivity contribution in [2.75, 3.05) is 6.61 Å². The van der Waals surface area contributed by atoms with Crippen LogP contribution in [-0.2, 0) is 13.2 Å². The van der Waals surface area contributed by atoms with Crippen LogP contribution in [0.5, 0.6) is 5.75 Å². The Kier molecular flexibility index (Phi) is 3.70. The summed E-state index contributed by atoms with van der Waals surface area (Å²) in [5.74, 6) is 0.881. The van der Waals surface area contributed by atoms with Crippen molar-refractivity contribution in [2.45, 2.75) is 13.2 Å². The third kappa shape index (κ3) is 2.53. The van der Waals surface area contributed by atoms with Crippen molar-refractivity contribution in [1.82, 2.24) is 4.57 Å². The van der Waals surface area contributed by atoms with Crippen LogP contribution in [0.4, 0.5) is 0 Å². The van der Waals surface area contributed by atoms with E-state index in [1.54, 1.807) is 0 Å². The monoisotopic (exact) mass is 267 g/mol. The molecular formula is C17H17NO2. The first-order chi connectivity index (χ1) is 9.88. The number of rotatable bonds is 5. The second-order valence-corrected chi connectivity index (χ2v) is 4.68. The van der Waals surface area contributed by atoms with Crippen molar-refractivity contribution in [3.05, 3.63) is 66.4 Å². The molecule has 3 aromatic rings. The first kappa shape index (κ1) is 12.8. The number of hydrogen-bond acceptors (Lipinski definition) is 2. The summed E-state index contributed by atoms with van der Waals surface area (Å²) in [5, 5.41) is 10.5. The van der Waals surface area contributed by atoms with Crippen LogP contribution in [0.15, 0.2) is 60.8 Å². The van der Waals surface area contributed by atoms with Gasteiger partial charge in [-0.1, -0.05) is 36.4 Å². The average Bonchev–Trinajstić information content (AvgIpc) is 2.87. The molecule has 0 amide bonds. The van der Waals surface area contributed by atoms with Crippen molar-refractivity contribution in [3.63, 3.8) is 0 Å². The number of aliphatic hydroxyl groups excluding tert-OH is 1. The van der Waals surface area contributed by atoms with E-state index in [2.05, 4.69) is 10.6 Å². The van der Waals surface area contributed by atoms with Crippen LogP contribution >= 0.6 is 0 Å². The van der Waals surface area contributed by atoms with Crippen LogP contribution in [0.25, 0.3) is 10.9 Å². The predicted molar refractivity (Wildman–Crippen MR) is 79.8 cm³/mol. The largest absolute Gasteiger partial charge is 0.492 e. The Morgan fingerprint density at radius 1 is 0.950 bits per heavy atom. The van der Waals surface area contributed by atoms with E-state index in [9.17, 15) is 5.11 Å². The number of aromatic nitrogens is 1. The SMILES string of the molecule is OCc1cn(CCOc2ccccc2)c2ccccc12. The summed E-state index contributed by atoms with van der Waals surface area (Å²) < 4.78 is 7.85. The molecule has 3 heteroatoms.